The average Bonchev–Trinajstić information content (AvgIpc) is 3.12. The first-order valence-corrected chi connectivity index (χ1v) is 11.7. The molecule has 3 rings (SSSR count). The number of hydrogen-bond acceptors (Lipinski definition) is 2. The van der Waals surface area contributed by atoms with Crippen molar-refractivity contribution >= 4 is 11.6 Å². The van der Waals surface area contributed by atoms with Crippen LogP contribution in [0.1, 0.15) is 71.8 Å². The van der Waals surface area contributed by atoms with E-state index in [1.165, 1.54) is 57.2 Å². The summed E-state index contributed by atoms with van der Waals surface area (Å²) in [5.41, 5.74) is 1.64. The molecule has 0 amide bonds. The zero-order valence-corrected chi connectivity index (χ0v) is 18.6. The highest BCUT2D eigenvalue weighted by molar-refractivity contribution is 6.30. The Balaban J connectivity index is 1.79. The van der Waals surface area contributed by atoms with Gasteiger partial charge >= 0.3 is 0 Å². The maximum absolute atomic E-state index is 6.20. The lowest BCUT2D eigenvalue weighted by Gasteiger charge is -2.52. The van der Waals surface area contributed by atoms with Gasteiger partial charge in [-0.3, -0.25) is 9.80 Å². The molecule has 1 aromatic rings. The van der Waals surface area contributed by atoms with Crippen molar-refractivity contribution in [2.24, 2.45) is 11.8 Å². The Bertz CT molecular complexity index is 583. The summed E-state index contributed by atoms with van der Waals surface area (Å²) in [6.45, 7) is 14.3. The van der Waals surface area contributed by atoms with Crippen LogP contribution < -0.4 is 0 Å². The van der Waals surface area contributed by atoms with Crippen LogP contribution in [0.15, 0.2) is 24.3 Å². The van der Waals surface area contributed by atoms with Gasteiger partial charge in [0.25, 0.3) is 0 Å². The number of likely N-dealkylation sites (tertiary alicyclic amines) is 1. The van der Waals surface area contributed by atoms with E-state index in [1.54, 1.807) is 0 Å². The first-order valence-electron chi connectivity index (χ1n) is 11.3. The molecule has 152 valence electrons. The van der Waals surface area contributed by atoms with E-state index >= 15 is 0 Å². The molecule has 0 bridgehead atoms. The molecule has 0 N–H and O–H groups in total. The van der Waals surface area contributed by atoms with E-state index in [0.717, 1.165) is 36.0 Å². The van der Waals surface area contributed by atoms with Crippen LogP contribution >= 0.6 is 11.6 Å². The first-order chi connectivity index (χ1) is 13.0. The second-order valence-electron chi connectivity index (χ2n) is 8.94. The van der Waals surface area contributed by atoms with Crippen molar-refractivity contribution < 1.29 is 0 Å². The van der Waals surface area contributed by atoms with E-state index in [4.69, 9.17) is 11.6 Å². The molecule has 1 aromatic carbocycles. The van der Waals surface area contributed by atoms with Gasteiger partial charge in [0.1, 0.15) is 0 Å². The summed E-state index contributed by atoms with van der Waals surface area (Å²) in [5, 5.41) is 0.842. The third-order valence-corrected chi connectivity index (χ3v) is 7.66. The predicted molar refractivity (Wildman–Crippen MR) is 117 cm³/mol. The molecule has 0 aromatic heterocycles. The van der Waals surface area contributed by atoms with Crippen LogP contribution in [0.3, 0.4) is 0 Å². The molecule has 4 unspecified atom stereocenters. The van der Waals surface area contributed by atoms with Gasteiger partial charge in [0.05, 0.1) is 0 Å². The molecule has 3 heteroatoms. The molecule has 1 saturated heterocycles. The largest absolute Gasteiger partial charge is 0.300 e. The van der Waals surface area contributed by atoms with Crippen molar-refractivity contribution in [1.82, 2.24) is 9.80 Å². The highest BCUT2D eigenvalue weighted by Gasteiger charge is 2.45. The molecule has 1 aliphatic heterocycles. The van der Waals surface area contributed by atoms with Crippen LogP contribution in [0.2, 0.25) is 5.02 Å². The molecule has 1 aliphatic carbocycles. The van der Waals surface area contributed by atoms with Crippen molar-refractivity contribution in [3.05, 3.63) is 34.9 Å². The molecule has 2 aliphatic rings. The van der Waals surface area contributed by atoms with Crippen LogP contribution in [0, 0.1) is 11.8 Å². The van der Waals surface area contributed by atoms with E-state index in [9.17, 15) is 0 Å². The number of benzene rings is 1. The molecule has 2 fully saturated rings. The van der Waals surface area contributed by atoms with Crippen molar-refractivity contribution in [2.45, 2.75) is 77.8 Å². The van der Waals surface area contributed by atoms with E-state index in [1.807, 2.05) is 0 Å². The second kappa shape index (κ2) is 9.29. The molecule has 1 heterocycles. The molecule has 1 saturated carbocycles. The van der Waals surface area contributed by atoms with Crippen molar-refractivity contribution in [3.63, 3.8) is 0 Å². The molecule has 2 nitrogen and oxygen atoms in total. The van der Waals surface area contributed by atoms with E-state index in [0.29, 0.717) is 0 Å². The maximum atomic E-state index is 6.20. The summed E-state index contributed by atoms with van der Waals surface area (Å²) < 4.78 is 0. The summed E-state index contributed by atoms with van der Waals surface area (Å²) >= 11 is 6.20. The highest BCUT2D eigenvalue weighted by Crippen LogP contribution is 2.46. The fourth-order valence-corrected chi connectivity index (χ4v) is 6.24. The van der Waals surface area contributed by atoms with Gasteiger partial charge in [-0.25, -0.2) is 0 Å². The maximum Gasteiger partial charge on any atom is 0.0464 e. The first kappa shape index (κ1) is 21.1. The number of rotatable bonds is 7. The standard InChI is InChI=1S/C24H39ClN2/c1-5-8-20-14-16-26(18-20)23-13-15-24(17-19(23)4,27(6-2)7-3)21-9-11-22(25)12-10-21/h9-12,19-20,23H,5-8,13-18H2,1-4H3. The lowest BCUT2D eigenvalue weighted by atomic mass is 9.69. The van der Waals surface area contributed by atoms with E-state index < -0.39 is 0 Å². The lowest BCUT2D eigenvalue weighted by Crippen LogP contribution is -2.54. The third kappa shape index (κ3) is 4.38. The molecular formula is C24H39ClN2. The Kier molecular flexibility index (Phi) is 7.27. The molecule has 0 spiro atoms. The smallest absolute Gasteiger partial charge is 0.0464 e. The zero-order chi connectivity index (χ0) is 19.4. The third-order valence-electron chi connectivity index (χ3n) is 7.40. The Morgan fingerprint density at radius 3 is 2.41 bits per heavy atom. The Labute approximate surface area is 172 Å². The van der Waals surface area contributed by atoms with Gasteiger partial charge < -0.3 is 0 Å². The van der Waals surface area contributed by atoms with Gasteiger partial charge in [0.2, 0.25) is 0 Å². The SMILES string of the molecule is CCCC1CCN(C2CCC(c3ccc(Cl)cc3)(N(CC)CC)CC2C)C1. The van der Waals surface area contributed by atoms with Crippen LogP contribution in [-0.4, -0.2) is 42.0 Å². The van der Waals surface area contributed by atoms with Crippen molar-refractivity contribution in [1.29, 1.82) is 0 Å². The average molecular weight is 391 g/mol. The van der Waals surface area contributed by atoms with Gasteiger partial charge in [-0.15, -0.1) is 0 Å². The number of hydrogen-bond donors (Lipinski definition) is 0. The van der Waals surface area contributed by atoms with Gasteiger partial charge in [-0.05, 0) is 81.3 Å². The van der Waals surface area contributed by atoms with Crippen LogP contribution in [0.25, 0.3) is 0 Å². The summed E-state index contributed by atoms with van der Waals surface area (Å²) in [6.07, 6.45) is 8.00. The fourth-order valence-electron chi connectivity index (χ4n) is 6.11. The molecule has 4 atom stereocenters. The molecule has 0 radical (unpaired) electrons. The number of nitrogens with zero attached hydrogens (tertiary/aromatic N) is 2. The summed E-state index contributed by atoms with van der Waals surface area (Å²) in [5.74, 6) is 1.67. The van der Waals surface area contributed by atoms with E-state index in [2.05, 4.69) is 61.8 Å². The normalized spacial score (nSPS) is 32.3. The van der Waals surface area contributed by atoms with Gasteiger partial charge in [-0.2, -0.15) is 0 Å². The second-order valence-corrected chi connectivity index (χ2v) is 9.37. The zero-order valence-electron chi connectivity index (χ0n) is 17.9. The quantitative estimate of drug-likeness (QED) is 0.547. The van der Waals surface area contributed by atoms with Crippen LogP contribution in [0.4, 0.5) is 0 Å². The Morgan fingerprint density at radius 2 is 1.81 bits per heavy atom. The van der Waals surface area contributed by atoms with E-state index in [-0.39, 0.29) is 5.54 Å². The minimum Gasteiger partial charge on any atom is -0.300 e. The Hall–Kier alpha value is -0.570. The highest BCUT2D eigenvalue weighted by atomic mass is 35.5. The van der Waals surface area contributed by atoms with Gasteiger partial charge in [-0.1, -0.05) is 57.8 Å². The molecular weight excluding hydrogens is 352 g/mol. The van der Waals surface area contributed by atoms with Crippen LogP contribution in [-0.2, 0) is 5.54 Å². The van der Waals surface area contributed by atoms with Gasteiger partial charge in [0, 0.05) is 23.1 Å². The summed E-state index contributed by atoms with van der Waals surface area (Å²) in [6, 6.07) is 9.48. The minimum atomic E-state index is 0.173. The fraction of sp³-hybridized carbons (Fsp3) is 0.750. The van der Waals surface area contributed by atoms with Gasteiger partial charge in [0.15, 0.2) is 0 Å². The summed E-state index contributed by atoms with van der Waals surface area (Å²) in [4.78, 5) is 5.53. The van der Waals surface area contributed by atoms with Crippen LogP contribution in [0.5, 0.6) is 0 Å². The predicted octanol–water partition coefficient (Wildman–Crippen LogP) is 6.19. The number of halogens is 1. The molecule has 27 heavy (non-hydrogen) atoms. The minimum absolute atomic E-state index is 0.173. The summed E-state index contributed by atoms with van der Waals surface area (Å²) in [7, 11) is 0. The topological polar surface area (TPSA) is 6.48 Å². The monoisotopic (exact) mass is 390 g/mol. The van der Waals surface area contributed by atoms with Crippen molar-refractivity contribution in [2.75, 3.05) is 26.2 Å². The Morgan fingerprint density at radius 1 is 1.11 bits per heavy atom. The van der Waals surface area contributed by atoms with Crippen molar-refractivity contribution in [3.8, 4) is 0 Å². The lowest BCUT2D eigenvalue weighted by molar-refractivity contribution is -0.00206.